The van der Waals surface area contributed by atoms with Gasteiger partial charge >= 0.3 is 15.6 Å². The van der Waals surface area contributed by atoms with Crippen molar-refractivity contribution in [2.45, 2.75) is 26.7 Å². The Morgan fingerprint density at radius 2 is 1.74 bits per heavy atom. The van der Waals surface area contributed by atoms with Gasteiger partial charge in [-0.3, -0.25) is 4.52 Å². The molecule has 152 valence electrons. The molecule has 0 fully saturated rings. The van der Waals surface area contributed by atoms with Crippen LogP contribution in [-0.4, -0.2) is 27.8 Å². The van der Waals surface area contributed by atoms with Crippen molar-refractivity contribution in [1.29, 1.82) is 0 Å². The van der Waals surface area contributed by atoms with Gasteiger partial charge < -0.3 is 20.0 Å². The van der Waals surface area contributed by atoms with Crippen LogP contribution in [0.1, 0.15) is 26.7 Å². The van der Waals surface area contributed by atoms with Gasteiger partial charge in [-0.25, -0.2) is 9.13 Å². The molecule has 11 heteroatoms. The van der Waals surface area contributed by atoms with Gasteiger partial charge in [0.05, 0.1) is 6.61 Å². The Hall–Kier alpha value is -0.760. The Morgan fingerprint density at radius 1 is 1.11 bits per heavy atom. The molecule has 4 N–H and O–H groups in total. The Bertz CT molecular complexity index is 759. The van der Waals surface area contributed by atoms with Gasteiger partial charge in [-0.15, -0.1) is 0 Å². The molecule has 0 saturated carbocycles. The van der Waals surface area contributed by atoms with E-state index in [-0.39, 0.29) is 6.61 Å². The van der Waals surface area contributed by atoms with Crippen LogP contribution in [0.25, 0.3) is 0 Å². The van der Waals surface area contributed by atoms with Crippen molar-refractivity contribution in [3.05, 3.63) is 52.0 Å². The molecule has 0 saturated heterocycles. The van der Waals surface area contributed by atoms with Crippen LogP contribution < -0.4 is 5.32 Å². The molecule has 1 aromatic rings. The number of phosphoric acid groups is 2. The van der Waals surface area contributed by atoms with Crippen LogP contribution in [0.5, 0.6) is 0 Å². The number of allylic oxidation sites excluding steroid dienone is 2. The van der Waals surface area contributed by atoms with E-state index in [4.69, 9.17) is 14.7 Å². The van der Waals surface area contributed by atoms with Gasteiger partial charge in [0.25, 0.3) is 0 Å². The van der Waals surface area contributed by atoms with Gasteiger partial charge in [0.1, 0.15) is 0 Å². The number of hydrogen-bond acceptors (Lipinski definition) is 5. The summed E-state index contributed by atoms with van der Waals surface area (Å²) in [4.78, 5) is 26.2. The van der Waals surface area contributed by atoms with Crippen LogP contribution in [0.15, 0.2) is 52.0 Å². The molecule has 0 aliphatic carbocycles. The van der Waals surface area contributed by atoms with Crippen molar-refractivity contribution >= 4 is 37.3 Å². The molecule has 0 amide bonds. The summed E-state index contributed by atoms with van der Waals surface area (Å²) in [5.41, 5.74) is 3.12. The molecule has 0 spiro atoms. The fraction of sp³-hybridized carbons (Fsp3) is 0.375. The van der Waals surface area contributed by atoms with Crippen molar-refractivity contribution in [1.82, 2.24) is 0 Å². The molecule has 0 heterocycles. The molecular formula is C16H24BrNO7P2. The van der Waals surface area contributed by atoms with E-state index < -0.39 is 15.6 Å². The molecule has 1 aromatic carbocycles. The Labute approximate surface area is 167 Å². The van der Waals surface area contributed by atoms with E-state index in [0.29, 0.717) is 6.42 Å². The number of anilines is 1. The quantitative estimate of drug-likeness (QED) is 0.262. The summed E-state index contributed by atoms with van der Waals surface area (Å²) in [6, 6.07) is 7.90. The minimum Gasteiger partial charge on any atom is -0.381 e. The summed E-state index contributed by atoms with van der Waals surface area (Å²) in [5, 5.41) is 3.32. The summed E-state index contributed by atoms with van der Waals surface area (Å²) in [6.45, 7) is 4.29. The topological polar surface area (TPSA) is 125 Å². The van der Waals surface area contributed by atoms with Crippen LogP contribution in [0.4, 0.5) is 5.69 Å². The molecular weight excluding hydrogens is 460 g/mol. The van der Waals surface area contributed by atoms with E-state index in [1.165, 1.54) is 5.57 Å². The molecule has 0 radical (unpaired) electrons. The van der Waals surface area contributed by atoms with E-state index in [1.54, 1.807) is 6.08 Å². The lowest BCUT2D eigenvalue weighted by Crippen LogP contribution is -2.02. The summed E-state index contributed by atoms with van der Waals surface area (Å²) < 4.78 is 31.0. The standard InChI is InChI=1S/C16H24BrNO7P2/c1-13(10-11-24-27(22,23)25-26(19,20)21)4-3-5-14(2)12-18-16-8-6-15(17)7-9-16/h5-10,18H,3-4,11-12H2,1-2H3,(H,22,23)(H2,19,20,21)/b13-10+,14-5+. The first kappa shape index (κ1) is 24.3. The van der Waals surface area contributed by atoms with Crippen molar-refractivity contribution in [3.8, 4) is 0 Å². The first-order chi connectivity index (χ1) is 12.5. The normalized spacial score (nSPS) is 15.5. The number of phosphoric ester groups is 1. The molecule has 0 aliphatic rings. The van der Waals surface area contributed by atoms with Crippen molar-refractivity contribution in [3.63, 3.8) is 0 Å². The minimum absolute atomic E-state index is 0.284. The van der Waals surface area contributed by atoms with Crippen LogP contribution >= 0.6 is 31.6 Å². The second-order valence-electron chi connectivity index (χ2n) is 5.84. The molecule has 0 bridgehead atoms. The highest BCUT2D eigenvalue weighted by Crippen LogP contribution is 2.57. The SMILES string of the molecule is C/C(=C\COP(=O)(O)OP(=O)(O)O)CC/C=C(\C)CNc1ccc(Br)cc1. The lowest BCUT2D eigenvalue weighted by atomic mass is 10.1. The van der Waals surface area contributed by atoms with Crippen LogP contribution in [-0.2, 0) is 18.0 Å². The molecule has 1 rings (SSSR count). The third-order valence-electron chi connectivity index (χ3n) is 3.33. The number of nitrogens with one attached hydrogen (secondary N) is 1. The average Bonchev–Trinajstić information content (AvgIpc) is 2.52. The van der Waals surface area contributed by atoms with E-state index in [2.05, 4.69) is 36.2 Å². The highest BCUT2D eigenvalue weighted by molar-refractivity contribution is 9.10. The molecule has 0 aromatic heterocycles. The summed E-state index contributed by atoms with van der Waals surface area (Å²) in [6.07, 6.45) is 5.16. The third kappa shape index (κ3) is 12.3. The zero-order valence-electron chi connectivity index (χ0n) is 15.0. The molecule has 1 unspecified atom stereocenters. The van der Waals surface area contributed by atoms with E-state index in [1.807, 2.05) is 38.1 Å². The Balaban J connectivity index is 2.33. The van der Waals surface area contributed by atoms with E-state index in [0.717, 1.165) is 28.7 Å². The fourth-order valence-electron chi connectivity index (χ4n) is 1.96. The lowest BCUT2D eigenvalue weighted by molar-refractivity contribution is 0.191. The lowest BCUT2D eigenvalue weighted by Gasteiger charge is -2.11. The van der Waals surface area contributed by atoms with Gasteiger partial charge in [-0.1, -0.05) is 39.2 Å². The van der Waals surface area contributed by atoms with Crippen molar-refractivity contribution < 1.29 is 32.6 Å². The van der Waals surface area contributed by atoms with Gasteiger partial charge in [0.15, 0.2) is 0 Å². The van der Waals surface area contributed by atoms with E-state index >= 15 is 0 Å². The maximum atomic E-state index is 11.3. The number of benzene rings is 1. The highest BCUT2D eigenvalue weighted by Gasteiger charge is 2.31. The predicted octanol–water partition coefficient (Wildman–Crippen LogP) is 4.76. The third-order valence-corrected chi connectivity index (χ3v) is 6.01. The minimum atomic E-state index is -5.09. The van der Waals surface area contributed by atoms with Gasteiger partial charge in [-0.2, -0.15) is 4.31 Å². The zero-order valence-corrected chi connectivity index (χ0v) is 18.4. The Morgan fingerprint density at radius 3 is 2.33 bits per heavy atom. The van der Waals surface area contributed by atoms with Crippen LogP contribution in [0.2, 0.25) is 0 Å². The van der Waals surface area contributed by atoms with Crippen molar-refractivity contribution in [2.75, 3.05) is 18.5 Å². The molecule has 1 atom stereocenters. The molecule has 8 nitrogen and oxygen atoms in total. The monoisotopic (exact) mass is 483 g/mol. The molecule has 0 aliphatic heterocycles. The fourth-order valence-corrected chi connectivity index (χ4v) is 3.75. The maximum absolute atomic E-state index is 11.3. The van der Waals surface area contributed by atoms with Crippen molar-refractivity contribution in [2.24, 2.45) is 0 Å². The van der Waals surface area contributed by atoms with Crippen LogP contribution in [0, 0.1) is 0 Å². The Kier molecular flexibility index (Phi) is 10.2. The highest BCUT2D eigenvalue weighted by atomic mass is 79.9. The number of hydrogen-bond donors (Lipinski definition) is 4. The average molecular weight is 484 g/mol. The first-order valence-electron chi connectivity index (χ1n) is 8.02. The largest absolute Gasteiger partial charge is 0.481 e. The maximum Gasteiger partial charge on any atom is 0.481 e. The molecule has 27 heavy (non-hydrogen) atoms. The van der Waals surface area contributed by atoms with Gasteiger partial charge in [-0.05, 0) is 51.0 Å². The predicted molar refractivity (Wildman–Crippen MR) is 108 cm³/mol. The summed E-state index contributed by atoms with van der Waals surface area (Å²) >= 11 is 3.39. The van der Waals surface area contributed by atoms with Gasteiger partial charge in [0, 0.05) is 16.7 Å². The smallest absolute Gasteiger partial charge is 0.381 e. The van der Waals surface area contributed by atoms with E-state index in [9.17, 15) is 9.13 Å². The van der Waals surface area contributed by atoms with Gasteiger partial charge in [0.2, 0.25) is 0 Å². The zero-order chi connectivity index (χ0) is 20.5. The number of rotatable bonds is 11. The number of halogens is 1. The van der Waals surface area contributed by atoms with Crippen LogP contribution in [0.3, 0.4) is 0 Å². The summed E-state index contributed by atoms with van der Waals surface area (Å²) in [7, 11) is -9.87. The second kappa shape index (κ2) is 11.3. The first-order valence-corrected chi connectivity index (χ1v) is 11.8. The second-order valence-corrected chi connectivity index (χ2v) is 9.58. The summed E-state index contributed by atoms with van der Waals surface area (Å²) in [5.74, 6) is 0.